The minimum absolute atomic E-state index is 0.489. The number of imidazole rings is 1. The molecule has 0 N–H and O–H groups in total. The molecule has 6 nitrogen and oxygen atoms in total. The highest BCUT2D eigenvalue weighted by atomic mass is 35.5. The molecule has 0 saturated heterocycles. The first-order valence-corrected chi connectivity index (χ1v) is 10.4. The smallest absolute Gasteiger partial charge is 0.179 e. The SMILES string of the molecule is CC(C)CCn1c(CN2CN(C3CC3)c3ccncc32)nc2nc(Cl)ccc21. The van der Waals surface area contributed by atoms with Gasteiger partial charge in [0.2, 0.25) is 0 Å². The minimum Gasteiger partial charge on any atom is -0.349 e. The van der Waals surface area contributed by atoms with Crippen molar-refractivity contribution in [2.75, 3.05) is 16.5 Å². The third kappa shape index (κ3) is 3.20. The van der Waals surface area contributed by atoms with E-state index in [9.17, 15) is 0 Å². The van der Waals surface area contributed by atoms with Gasteiger partial charge in [-0.25, -0.2) is 9.97 Å². The van der Waals surface area contributed by atoms with Crippen LogP contribution in [0.4, 0.5) is 11.4 Å². The molecule has 4 heterocycles. The van der Waals surface area contributed by atoms with Crippen LogP contribution in [-0.4, -0.2) is 32.2 Å². The van der Waals surface area contributed by atoms with Gasteiger partial charge in [-0.2, -0.15) is 0 Å². The Kier molecular flexibility index (Phi) is 4.38. The van der Waals surface area contributed by atoms with Crippen LogP contribution in [0.1, 0.15) is 38.9 Å². The predicted octanol–water partition coefficient (Wildman–Crippen LogP) is 4.47. The number of hydrogen-bond donors (Lipinski definition) is 0. The lowest BCUT2D eigenvalue weighted by molar-refractivity contribution is 0.510. The number of nitrogens with zero attached hydrogens (tertiary/aromatic N) is 6. The van der Waals surface area contributed by atoms with E-state index in [1.54, 1.807) is 0 Å². The number of anilines is 2. The topological polar surface area (TPSA) is 50.1 Å². The van der Waals surface area contributed by atoms with Crippen molar-refractivity contribution >= 4 is 34.1 Å². The number of aryl methyl sites for hydroxylation is 1. The summed E-state index contributed by atoms with van der Waals surface area (Å²) in [7, 11) is 0. The molecule has 0 amide bonds. The Balaban J connectivity index is 1.50. The van der Waals surface area contributed by atoms with Crippen LogP contribution in [-0.2, 0) is 13.1 Å². The molecular formula is C21H25ClN6. The van der Waals surface area contributed by atoms with E-state index in [4.69, 9.17) is 16.6 Å². The Morgan fingerprint density at radius 3 is 2.79 bits per heavy atom. The van der Waals surface area contributed by atoms with Gasteiger partial charge in [-0.15, -0.1) is 0 Å². The van der Waals surface area contributed by atoms with Gasteiger partial charge in [0, 0.05) is 18.8 Å². The average molecular weight is 397 g/mol. The van der Waals surface area contributed by atoms with Crippen molar-refractivity contribution in [3.05, 3.63) is 41.6 Å². The number of pyridine rings is 2. The number of aromatic nitrogens is 4. The molecule has 3 aromatic heterocycles. The molecule has 1 aliphatic heterocycles. The summed E-state index contributed by atoms with van der Waals surface area (Å²) >= 11 is 6.12. The van der Waals surface area contributed by atoms with Gasteiger partial charge in [0.1, 0.15) is 11.0 Å². The third-order valence-corrected chi connectivity index (χ3v) is 5.87. The maximum absolute atomic E-state index is 6.12. The molecule has 5 rings (SSSR count). The van der Waals surface area contributed by atoms with Crippen LogP contribution in [0.25, 0.3) is 11.2 Å². The highest BCUT2D eigenvalue weighted by molar-refractivity contribution is 6.29. The number of halogens is 1. The Bertz CT molecular complexity index is 1010. The van der Waals surface area contributed by atoms with E-state index in [-0.39, 0.29) is 0 Å². The lowest BCUT2D eigenvalue weighted by atomic mass is 10.1. The van der Waals surface area contributed by atoms with Gasteiger partial charge in [0.15, 0.2) is 5.65 Å². The summed E-state index contributed by atoms with van der Waals surface area (Å²) in [6.07, 6.45) is 7.54. The molecule has 0 unspecified atom stereocenters. The van der Waals surface area contributed by atoms with Gasteiger partial charge in [-0.3, -0.25) is 4.98 Å². The van der Waals surface area contributed by atoms with Crippen LogP contribution in [0.15, 0.2) is 30.6 Å². The first kappa shape index (κ1) is 17.7. The largest absolute Gasteiger partial charge is 0.349 e. The Hall–Kier alpha value is -2.34. The van der Waals surface area contributed by atoms with Crippen LogP contribution in [0, 0.1) is 5.92 Å². The van der Waals surface area contributed by atoms with E-state index in [1.807, 2.05) is 24.5 Å². The molecule has 0 radical (unpaired) electrons. The second-order valence-corrected chi connectivity index (χ2v) is 8.63. The maximum Gasteiger partial charge on any atom is 0.179 e. The molecule has 7 heteroatoms. The van der Waals surface area contributed by atoms with Crippen molar-refractivity contribution in [3.63, 3.8) is 0 Å². The van der Waals surface area contributed by atoms with Gasteiger partial charge in [0.05, 0.1) is 36.3 Å². The Morgan fingerprint density at radius 2 is 2.00 bits per heavy atom. The quantitative estimate of drug-likeness (QED) is 0.575. The van der Waals surface area contributed by atoms with Gasteiger partial charge in [0.25, 0.3) is 0 Å². The van der Waals surface area contributed by atoms with Crippen molar-refractivity contribution in [1.29, 1.82) is 0 Å². The zero-order valence-electron chi connectivity index (χ0n) is 16.3. The summed E-state index contributed by atoms with van der Waals surface area (Å²) in [4.78, 5) is 18.6. The van der Waals surface area contributed by atoms with Gasteiger partial charge in [-0.05, 0) is 43.4 Å². The molecule has 3 aromatic rings. The second-order valence-electron chi connectivity index (χ2n) is 8.24. The Morgan fingerprint density at radius 1 is 1.14 bits per heavy atom. The van der Waals surface area contributed by atoms with Gasteiger partial charge in [-0.1, -0.05) is 25.4 Å². The average Bonchev–Trinajstić information content (AvgIpc) is 3.38. The van der Waals surface area contributed by atoms with E-state index < -0.39 is 0 Å². The van der Waals surface area contributed by atoms with E-state index >= 15 is 0 Å². The zero-order chi connectivity index (χ0) is 19.3. The molecule has 0 aromatic carbocycles. The van der Waals surface area contributed by atoms with Crippen molar-refractivity contribution in [1.82, 2.24) is 19.5 Å². The lowest BCUT2D eigenvalue weighted by Gasteiger charge is -2.22. The third-order valence-electron chi connectivity index (χ3n) is 5.66. The van der Waals surface area contributed by atoms with Crippen molar-refractivity contribution in [2.45, 2.75) is 52.2 Å². The zero-order valence-corrected chi connectivity index (χ0v) is 17.1. The van der Waals surface area contributed by atoms with Crippen LogP contribution in [0.5, 0.6) is 0 Å². The standard InChI is InChI=1S/C21H25ClN6/c1-14(2)8-10-27-17-5-6-19(22)24-21(17)25-20(27)12-26-13-28(15-3-4-15)16-7-9-23-11-18(16)26/h5-7,9,11,14-15H,3-4,8,10,12-13H2,1-2H3. The normalized spacial score (nSPS) is 16.4. The second kappa shape index (κ2) is 6.92. The molecule has 1 aliphatic carbocycles. The van der Waals surface area contributed by atoms with E-state index in [0.717, 1.165) is 43.2 Å². The summed E-state index contributed by atoms with van der Waals surface area (Å²) in [6.45, 7) is 7.09. The highest BCUT2D eigenvalue weighted by Crippen LogP contribution is 2.42. The van der Waals surface area contributed by atoms with Crippen molar-refractivity contribution in [2.24, 2.45) is 5.92 Å². The van der Waals surface area contributed by atoms with Crippen LogP contribution >= 0.6 is 11.6 Å². The molecule has 1 fully saturated rings. The lowest BCUT2D eigenvalue weighted by Crippen LogP contribution is -2.32. The predicted molar refractivity (Wildman–Crippen MR) is 113 cm³/mol. The number of fused-ring (bicyclic) bond motifs is 2. The number of rotatable bonds is 6. The molecule has 146 valence electrons. The van der Waals surface area contributed by atoms with Crippen LogP contribution < -0.4 is 9.80 Å². The van der Waals surface area contributed by atoms with E-state index in [1.165, 1.54) is 24.2 Å². The summed E-state index contributed by atoms with van der Waals surface area (Å²) in [6, 6.07) is 6.70. The van der Waals surface area contributed by atoms with Gasteiger partial charge < -0.3 is 14.4 Å². The highest BCUT2D eigenvalue weighted by Gasteiger charge is 2.37. The molecule has 0 bridgehead atoms. The van der Waals surface area contributed by atoms with E-state index in [2.05, 4.69) is 44.2 Å². The Labute approximate surface area is 170 Å². The molecule has 2 aliphatic rings. The molecular weight excluding hydrogens is 372 g/mol. The van der Waals surface area contributed by atoms with Crippen LogP contribution in [0.2, 0.25) is 5.15 Å². The fourth-order valence-corrected chi connectivity index (χ4v) is 4.14. The number of hydrogen-bond acceptors (Lipinski definition) is 5. The van der Waals surface area contributed by atoms with E-state index in [0.29, 0.717) is 17.1 Å². The monoisotopic (exact) mass is 396 g/mol. The first-order chi connectivity index (χ1) is 13.6. The van der Waals surface area contributed by atoms with Crippen molar-refractivity contribution in [3.8, 4) is 0 Å². The fourth-order valence-electron chi connectivity index (χ4n) is 4.00. The fraction of sp³-hybridized carbons (Fsp3) is 0.476. The molecule has 28 heavy (non-hydrogen) atoms. The summed E-state index contributed by atoms with van der Waals surface area (Å²) in [5, 5.41) is 0.489. The molecule has 0 spiro atoms. The molecule has 0 atom stereocenters. The van der Waals surface area contributed by atoms with Gasteiger partial charge >= 0.3 is 0 Å². The molecule has 1 saturated carbocycles. The summed E-state index contributed by atoms with van der Waals surface area (Å²) in [5.74, 6) is 1.67. The maximum atomic E-state index is 6.12. The summed E-state index contributed by atoms with van der Waals surface area (Å²) in [5.41, 5.74) is 4.28. The first-order valence-electron chi connectivity index (χ1n) is 10.1. The minimum atomic E-state index is 0.489. The summed E-state index contributed by atoms with van der Waals surface area (Å²) < 4.78 is 2.31. The van der Waals surface area contributed by atoms with Crippen LogP contribution in [0.3, 0.4) is 0 Å². The van der Waals surface area contributed by atoms with Crippen molar-refractivity contribution < 1.29 is 0 Å².